The summed E-state index contributed by atoms with van der Waals surface area (Å²) >= 11 is 0. The van der Waals surface area contributed by atoms with E-state index in [2.05, 4.69) is 4.72 Å². The number of nitriles is 1. The summed E-state index contributed by atoms with van der Waals surface area (Å²) in [6.45, 7) is 7.99. The van der Waals surface area contributed by atoms with Crippen LogP contribution in [-0.4, -0.2) is 24.7 Å². The summed E-state index contributed by atoms with van der Waals surface area (Å²) in [6.07, 6.45) is 0. The molecule has 0 aliphatic heterocycles. The van der Waals surface area contributed by atoms with E-state index >= 15 is 0 Å². The minimum Gasteiger partial charge on any atom is -0.389 e. The Balaban J connectivity index is 3.20. The topological polar surface area (TPSA) is 90.2 Å². The van der Waals surface area contributed by atoms with Gasteiger partial charge in [0.15, 0.2) is 0 Å². The van der Waals surface area contributed by atoms with Crippen molar-refractivity contribution in [1.82, 2.24) is 4.72 Å². The lowest BCUT2D eigenvalue weighted by atomic mass is 9.87. The Kier molecular flexibility index (Phi) is 4.30. The monoisotopic (exact) mass is 296 g/mol. The van der Waals surface area contributed by atoms with Crippen LogP contribution in [-0.2, 0) is 10.0 Å². The quantitative estimate of drug-likeness (QED) is 0.884. The van der Waals surface area contributed by atoms with Gasteiger partial charge in [-0.1, -0.05) is 0 Å². The molecule has 0 spiro atoms. The summed E-state index contributed by atoms with van der Waals surface area (Å²) in [5.41, 5.74) is -1.22. The molecular weight excluding hydrogens is 276 g/mol. The third-order valence-electron chi connectivity index (χ3n) is 3.55. The van der Waals surface area contributed by atoms with Gasteiger partial charge in [0.25, 0.3) is 0 Å². The van der Waals surface area contributed by atoms with Crippen LogP contribution in [0.15, 0.2) is 23.1 Å². The zero-order valence-corrected chi connectivity index (χ0v) is 13.2. The molecule has 0 unspecified atom stereocenters. The average Bonchev–Trinajstić information content (AvgIpc) is 2.25. The van der Waals surface area contributed by atoms with Crippen LogP contribution in [0.25, 0.3) is 0 Å². The molecule has 0 aliphatic carbocycles. The molecule has 20 heavy (non-hydrogen) atoms. The van der Waals surface area contributed by atoms with Gasteiger partial charge in [-0.05, 0) is 58.4 Å². The van der Waals surface area contributed by atoms with Crippen molar-refractivity contribution in [2.24, 2.45) is 0 Å². The minimum absolute atomic E-state index is 0.0753. The first-order chi connectivity index (χ1) is 8.90. The van der Waals surface area contributed by atoms with Crippen LogP contribution in [0, 0.1) is 18.3 Å². The number of sulfonamides is 1. The van der Waals surface area contributed by atoms with Gasteiger partial charge in [0, 0.05) is 0 Å². The van der Waals surface area contributed by atoms with Crippen LogP contribution in [0.1, 0.15) is 38.8 Å². The van der Waals surface area contributed by atoms with E-state index in [0.29, 0.717) is 11.1 Å². The lowest BCUT2D eigenvalue weighted by Crippen LogP contribution is -2.57. The zero-order chi connectivity index (χ0) is 15.8. The Hall–Kier alpha value is -1.42. The number of aryl methyl sites for hydroxylation is 1. The molecule has 1 aromatic rings. The average molecular weight is 296 g/mol. The molecule has 110 valence electrons. The van der Waals surface area contributed by atoms with Gasteiger partial charge < -0.3 is 5.11 Å². The molecule has 2 N–H and O–H groups in total. The van der Waals surface area contributed by atoms with E-state index in [1.807, 2.05) is 6.07 Å². The van der Waals surface area contributed by atoms with Crippen molar-refractivity contribution in [3.63, 3.8) is 0 Å². The summed E-state index contributed by atoms with van der Waals surface area (Å²) in [5.74, 6) is 0. The van der Waals surface area contributed by atoms with E-state index in [9.17, 15) is 13.5 Å². The minimum atomic E-state index is -3.77. The van der Waals surface area contributed by atoms with E-state index in [-0.39, 0.29) is 4.90 Å². The van der Waals surface area contributed by atoms with Crippen LogP contribution in [0.3, 0.4) is 0 Å². The van der Waals surface area contributed by atoms with Gasteiger partial charge in [-0.15, -0.1) is 0 Å². The summed E-state index contributed by atoms with van der Waals surface area (Å²) in [4.78, 5) is 0.0753. The Labute approximate surface area is 120 Å². The van der Waals surface area contributed by atoms with Crippen LogP contribution in [0.2, 0.25) is 0 Å². The Morgan fingerprint density at radius 3 is 2.20 bits per heavy atom. The van der Waals surface area contributed by atoms with E-state index in [1.54, 1.807) is 34.6 Å². The highest BCUT2D eigenvalue weighted by Crippen LogP contribution is 2.24. The maximum atomic E-state index is 12.3. The second-order valence-electron chi connectivity index (χ2n) is 5.88. The molecule has 0 radical (unpaired) electrons. The first-order valence-corrected chi connectivity index (χ1v) is 7.66. The molecular formula is C14H20N2O3S. The molecule has 5 nitrogen and oxygen atoms in total. The van der Waals surface area contributed by atoms with E-state index < -0.39 is 21.2 Å². The third kappa shape index (κ3) is 3.37. The number of benzene rings is 1. The van der Waals surface area contributed by atoms with Crippen molar-refractivity contribution >= 4 is 10.0 Å². The van der Waals surface area contributed by atoms with Crippen LogP contribution >= 0.6 is 0 Å². The molecule has 1 rings (SSSR count). The molecule has 0 amide bonds. The van der Waals surface area contributed by atoms with Crippen molar-refractivity contribution in [3.05, 3.63) is 29.3 Å². The van der Waals surface area contributed by atoms with Crippen LogP contribution < -0.4 is 4.72 Å². The van der Waals surface area contributed by atoms with Gasteiger partial charge in [0.05, 0.1) is 27.7 Å². The normalized spacial score (nSPS) is 13.1. The summed E-state index contributed by atoms with van der Waals surface area (Å²) in [5, 5.41) is 18.9. The maximum Gasteiger partial charge on any atom is 0.241 e. The molecule has 1 aromatic carbocycles. The molecule has 0 atom stereocenters. The van der Waals surface area contributed by atoms with E-state index in [0.717, 1.165) is 0 Å². The van der Waals surface area contributed by atoms with Gasteiger partial charge in [-0.25, -0.2) is 13.1 Å². The summed E-state index contributed by atoms with van der Waals surface area (Å²) < 4.78 is 27.2. The highest BCUT2D eigenvalue weighted by atomic mass is 32.2. The highest BCUT2D eigenvalue weighted by Gasteiger charge is 2.38. The second-order valence-corrected chi connectivity index (χ2v) is 7.56. The number of hydrogen-bond acceptors (Lipinski definition) is 4. The fourth-order valence-corrected chi connectivity index (χ4v) is 3.07. The highest BCUT2D eigenvalue weighted by molar-refractivity contribution is 7.89. The largest absolute Gasteiger partial charge is 0.389 e. The molecule has 0 saturated heterocycles. The van der Waals surface area contributed by atoms with Gasteiger partial charge in [0.1, 0.15) is 0 Å². The maximum absolute atomic E-state index is 12.3. The molecule has 0 saturated carbocycles. The van der Waals surface area contributed by atoms with Gasteiger partial charge in [0.2, 0.25) is 10.0 Å². The first-order valence-electron chi connectivity index (χ1n) is 6.18. The van der Waals surface area contributed by atoms with Gasteiger partial charge in [-0.3, -0.25) is 0 Å². The van der Waals surface area contributed by atoms with Gasteiger partial charge >= 0.3 is 0 Å². The Morgan fingerprint density at radius 2 is 1.80 bits per heavy atom. The van der Waals surface area contributed by atoms with Crippen LogP contribution in [0.4, 0.5) is 0 Å². The molecule has 0 heterocycles. The number of nitrogens with one attached hydrogen (secondary N) is 1. The zero-order valence-electron chi connectivity index (χ0n) is 12.4. The number of nitrogens with zero attached hydrogens (tertiary/aromatic N) is 1. The Morgan fingerprint density at radius 1 is 1.25 bits per heavy atom. The lowest BCUT2D eigenvalue weighted by Gasteiger charge is -2.37. The summed E-state index contributed by atoms with van der Waals surface area (Å²) in [6, 6.07) is 6.29. The molecule has 0 bridgehead atoms. The number of aliphatic hydroxyl groups is 1. The predicted octanol–water partition coefficient (Wildman–Crippen LogP) is 1.69. The SMILES string of the molecule is Cc1cc(S(=O)(=O)NC(C)(C)C(C)(C)O)ccc1C#N. The molecule has 6 heteroatoms. The number of hydrogen-bond donors (Lipinski definition) is 2. The fraction of sp³-hybridized carbons (Fsp3) is 0.500. The lowest BCUT2D eigenvalue weighted by molar-refractivity contribution is 0.00639. The molecule has 0 fully saturated rings. The van der Waals surface area contributed by atoms with Crippen molar-refractivity contribution < 1.29 is 13.5 Å². The van der Waals surface area contributed by atoms with E-state index in [4.69, 9.17) is 5.26 Å². The number of rotatable bonds is 4. The Bertz CT molecular complexity index is 650. The summed E-state index contributed by atoms with van der Waals surface area (Å²) in [7, 11) is -3.77. The molecule has 0 aliphatic rings. The third-order valence-corrected chi connectivity index (χ3v) is 5.20. The van der Waals surface area contributed by atoms with Crippen molar-refractivity contribution in [3.8, 4) is 6.07 Å². The van der Waals surface area contributed by atoms with Gasteiger partial charge in [-0.2, -0.15) is 5.26 Å². The van der Waals surface area contributed by atoms with Crippen molar-refractivity contribution in [2.45, 2.75) is 50.7 Å². The predicted molar refractivity (Wildman–Crippen MR) is 76.6 cm³/mol. The second kappa shape index (κ2) is 5.17. The molecule has 0 aromatic heterocycles. The van der Waals surface area contributed by atoms with E-state index in [1.165, 1.54) is 18.2 Å². The first kappa shape index (κ1) is 16.6. The smallest absolute Gasteiger partial charge is 0.241 e. The van der Waals surface area contributed by atoms with Crippen molar-refractivity contribution in [1.29, 1.82) is 5.26 Å². The van der Waals surface area contributed by atoms with Crippen LogP contribution in [0.5, 0.6) is 0 Å². The van der Waals surface area contributed by atoms with Crippen molar-refractivity contribution in [2.75, 3.05) is 0 Å². The standard InChI is InChI=1S/C14H20N2O3S/c1-10-8-12(7-6-11(10)9-15)20(18,19)16-13(2,3)14(4,5)17/h6-8,16-17H,1-5H3. The fourth-order valence-electron chi connectivity index (χ4n) is 1.45.